The van der Waals surface area contributed by atoms with Crippen molar-refractivity contribution in [2.75, 3.05) is 18.5 Å². The van der Waals surface area contributed by atoms with Crippen LogP contribution in [0.15, 0.2) is 54.6 Å². The minimum Gasteiger partial charge on any atom is -0.494 e. The number of hydrogen-bond acceptors (Lipinski definition) is 3. The van der Waals surface area contributed by atoms with Crippen LogP contribution in [-0.4, -0.2) is 19.1 Å². The highest BCUT2D eigenvalue weighted by Crippen LogP contribution is 2.15. The van der Waals surface area contributed by atoms with Crippen LogP contribution in [0.25, 0.3) is 0 Å². The fourth-order valence-corrected chi connectivity index (χ4v) is 2.04. The lowest BCUT2D eigenvalue weighted by Gasteiger charge is -2.08. The molecule has 2 aromatic rings. The van der Waals surface area contributed by atoms with E-state index in [1.54, 1.807) is 0 Å². The molecule has 0 aliphatic rings. The minimum atomic E-state index is 0.0438. The Morgan fingerprint density at radius 2 is 1.77 bits per heavy atom. The van der Waals surface area contributed by atoms with Crippen LogP contribution < -0.4 is 15.4 Å². The van der Waals surface area contributed by atoms with E-state index in [4.69, 9.17) is 4.74 Å². The van der Waals surface area contributed by atoms with Crippen molar-refractivity contribution in [3.05, 3.63) is 60.2 Å². The molecule has 0 radical (unpaired) electrons. The van der Waals surface area contributed by atoms with Gasteiger partial charge < -0.3 is 15.4 Å². The van der Waals surface area contributed by atoms with E-state index in [-0.39, 0.29) is 5.91 Å². The van der Waals surface area contributed by atoms with E-state index in [1.165, 1.54) is 0 Å². The SMILES string of the molecule is CCOc1ccc(NCCC(=O)NCc2ccccc2)cc1. The molecule has 0 saturated carbocycles. The summed E-state index contributed by atoms with van der Waals surface area (Å²) in [4.78, 5) is 11.8. The number of benzene rings is 2. The van der Waals surface area contributed by atoms with Gasteiger partial charge in [-0.15, -0.1) is 0 Å². The third-order valence-electron chi connectivity index (χ3n) is 3.18. The lowest BCUT2D eigenvalue weighted by atomic mass is 10.2. The van der Waals surface area contributed by atoms with Crippen molar-refractivity contribution in [1.29, 1.82) is 0 Å². The first-order valence-electron chi connectivity index (χ1n) is 7.55. The van der Waals surface area contributed by atoms with Gasteiger partial charge in [-0.05, 0) is 36.8 Å². The number of ether oxygens (including phenoxy) is 1. The monoisotopic (exact) mass is 298 g/mol. The van der Waals surface area contributed by atoms with Gasteiger partial charge in [0.15, 0.2) is 0 Å². The van der Waals surface area contributed by atoms with Gasteiger partial charge in [0.1, 0.15) is 5.75 Å². The molecule has 0 atom stereocenters. The molecule has 2 rings (SSSR count). The molecule has 0 fully saturated rings. The highest BCUT2D eigenvalue weighted by Gasteiger charge is 2.01. The van der Waals surface area contributed by atoms with Crippen LogP contribution in [0.4, 0.5) is 5.69 Å². The average molecular weight is 298 g/mol. The number of nitrogens with one attached hydrogen (secondary N) is 2. The smallest absolute Gasteiger partial charge is 0.222 e. The molecule has 0 unspecified atom stereocenters. The Balaban J connectivity index is 1.66. The molecule has 116 valence electrons. The average Bonchev–Trinajstić information content (AvgIpc) is 2.56. The Bertz CT molecular complexity index is 567. The normalized spacial score (nSPS) is 10.0. The summed E-state index contributed by atoms with van der Waals surface area (Å²) < 4.78 is 5.39. The standard InChI is InChI=1S/C18H22N2O2/c1-2-22-17-10-8-16(9-11-17)19-13-12-18(21)20-14-15-6-4-3-5-7-15/h3-11,19H,2,12-14H2,1H3,(H,20,21). The van der Waals surface area contributed by atoms with Crippen molar-refractivity contribution in [1.82, 2.24) is 5.32 Å². The molecule has 0 aromatic heterocycles. The van der Waals surface area contributed by atoms with Crippen molar-refractivity contribution in [2.45, 2.75) is 19.9 Å². The first kappa shape index (κ1) is 15.9. The summed E-state index contributed by atoms with van der Waals surface area (Å²) in [5, 5.41) is 6.14. The summed E-state index contributed by atoms with van der Waals surface area (Å²) in [6.45, 7) is 3.80. The third-order valence-corrected chi connectivity index (χ3v) is 3.18. The molecule has 4 nitrogen and oxygen atoms in total. The van der Waals surface area contributed by atoms with Gasteiger partial charge in [0, 0.05) is 25.2 Å². The molecule has 0 saturated heterocycles. The third kappa shape index (κ3) is 5.48. The van der Waals surface area contributed by atoms with Gasteiger partial charge in [0.05, 0.1) is 6.61 Å². The minimum absolute atomic E-state index is 0.0438. The van der Waals surface area contributed by atoms with Gasteiger partial charge in [-0.3, -0.25) is 4.79 Å². The molecule has 4 heteroatoms. The topological polar surface area (TPSA) is 50.4 Å². The van der Waals surface area contributed by atoms with E-state index in [9.17, 15) is 4.79 Å². The number of anilines is 1. The number of carbonyl (C=O) groups excluding carboxylic acids is 1. The second-order valence-electron chi connectivity index (χ2n) is 4.90. The summed E-state index contributed by atoms with van der Waals surface area (Å²) in [5.74, 6) is 0.899. The van der Waals surface area contributed by atoms with Crippen LogP contribution in [0, 0.1) is 0 Å². The molecule has 1 amide bonds. The van der Waals surface area contributed by atoms with Crippen LogP contribution in [-0.2, 0) is 11.3 Å². The summed E-state index contributed by atoms with van der Waals surface area (Å²) >= 11 is 0. The fraction of sp³-hybridized carbons (Fsp3) is 0.278. The quantitative estimate of drug-likeness (QED) is 0.787. The van der Waals surface area contributed by atoms with Gasteiger partial charge >= 0.3 is 0 Å². The van der Waals surface area contributed by atoms with E-state index < -0.39 is 0 Å². The van der Waals surface area contributed by atoms with Gasteiger partial charge in [-0.1, -0.05) is 30.3 Å². The number of hydrogen-bond donors (Lipinski definition) is 2. The van der Waals surface area contributed by atoms with Gasteiger partial charge in [0.2, 0.25) is 5.91 Å². The van der Waals surface area contributed by atoms with Crippen molar-refractivity contribution >= 4 is 11.6 Å². The van der Waals surface area contributed by atoms with E-state index in [2.05, 4.69) is 10.6 Å². The van der Waals surface area contributed by atoms with Crippen molar-refractivity contribution in [2.24, 2.45) is 0 Å². The number of carbonyl (C=O) groups is 1. The molecule has 0 bridgehead atoms. The zero-order valence-electron chi connectivity index (χ0n) is 12.8. The molecule has 0 aliphatic carbocycles. The largest absolute Gasteiger partial charge is 0.494 e. The first-order chi connectivity index (χ1) is 10.8. The van der Waals surface area contributed by atoms with Crippen LogP contribution in [0.2, 0.25) is 0 Å². The molecule has 0 heterocycles. The Hall–Kier alpha value is -2.49. The predicted molar refractivity (Wildman–Crippen MR) is 89.0 cm³/mol. The summed E-state index contributed by atoms with van der Waals surface area (Å²) in [7, 11) is 0. The van der Waals surface area contributed by atoms with E-state index >= 15 is 0 Å². The number of rotatable bonds is 8. The Labute approximate surface area is 131 Å². The molecule has 2 N–H and O–H groups in total. The second kappa shape index (κ2) is 8.72. The van der Waals surface area contributed by atoms with Crippen molar-refractivity contribution in [3.63, 3.8) is 0 Å². The summed E-state index contributed by atoms with van der Waals surface area (Å²) in [5.41, 5.74) is 2.09. The molecular formula is C18H22N2O2. The Morgan fingerprint density at radius 3 is 2.45 bits per heavy atom. The van der Waals surface area contributed by atoms with Gasteiger partial charge in [-0.2, -0.15) is 0 Å². The van der Waals surface area contributed by atoms with Crippen LogP contribution in [0.5, 0.6) is 5.75 Å². The zero-order valence-corrected chi connectivity index (χ0v) is 12.8. The molecular weight excluding hydrogens is 276 g/mol. The van der Waals surface area contributed by atoms with Gasteiger partial charge in [0.25, 0.3) is 0 Å². The molecule has 0 aliphatic heterocycles. The van der Waals surface area contributed by atoms with Crippen LogP contribution in [0.1, 0.15) is 18.9 Å². The van der Waals surface area contributed by atoms with Crippen molar-refractivity contribution < 1.29 is 9.53 Å². The fourth-order valence-electron chi connectivity index (χ4n) is 2.04. The maximum atomic E-state index is 11.8. The molecule has 2 aromatic carbocycles. The highest BCUT2D eigenvalue weighted by molar-refractivity contribution is 5.76. The predicted octanol–water partition coefficient (Wildman–Crippen LogP) is 3.20. The summed E-state index contributed by atoms with van der Waals surface area (Å²) in [6, 6.07) is 17.6. The lowest BCUT2D eigenvalue weighted by Crippen LogP contribution is -2.24. The summed E-state index contributed by atoms with van der Waals surface area (Å²) in [6.07, 6.45) is 0.444. The Morgan fingerprint density at radius 1 is 1.05 bits per heavy atom. The molecule has 22 heavy (non-hydrogen) atoms. The lowest BCUT2D eigenvalue weighted by molar-refractivity contribution is -0.121. The first-order valence-corrected chi connectivity index (χ1v) is 7.55. The number of amides is 1. The second-order valence-corrected chi connectivity index (χ2v) is 4.90. The van der Waals surface area contributed by atoms with Crippen LogP contribution >= 0.6 is 0 Å². The van der Waals surface area contributed by atoms with Crippen LogP contribution in [0.3, 0.4) is 0 Å². The van der Waals surface area contributed by atoms with E-state index in [0.29, 0.717) is 26.1 Å². The highest BCUT2D eigenvalue weighted by atomic mass is 16.5. The van der Waals surface area contributed by atoms with E-state index in [1.807, 2.05) is 61.5 Å². The maximum absolute atomic E-state index is 11.8. The Kier molecular flexibility index (Phi) is 6.30. The van der Waals surface area contributed by atoms with E-state index in [0.717, 1.165) is 17.0 Å². The molecule has 0 spiro atoms. The maximum Gasteiger partial charge on any atom is 0.222 e. The van der Waals surface area contributed by atoms with Crippen molar-refractivity contribution in [3.8, 4) is 5.75 Å². The van der Waals surface area contributed by atoms with Gasteiger partial charge in [-0.25, -0.2) is 0 Å². The zero-order chi connectivity index (χ0) is 15.6.